The molecule has 112 valence electrons. The van der Waals surface area contributed by atoms with E-state index in [2.05, 4.69) is 20.3 Å². The number of aromatic nitrogens is 3. The number of hydrogen-bond donors (Lipinski definition) is 1. The van der Waals surface area contributed by atoms with E-state index in [0.29, 0.717) is 5.69 Å². The molecular weight excluding hydrogens is 282 g/mol. The Hall–Kier alpha value is -2.83. The van der Waals surface area contributed by atoms with Crippen molar-refractivity contribution < 1.29 is 9.21 Å². The van der Waals surface area contributed by atoms with Gasteiger partial charge in [-0.05, 0) is 18.2 Å². The van der Waals surface area contributed by atoms with Gasteiger partial charge >= 0.3 is 0 Å². The molecule has 3 aromatic heterocycles. The zero-order valence-corrected chi connectivity index (χ0v) is 12.1. The largest absolute Gasteiger partial charge is 0.464 e. The monoisotopic (exact) mass is 297 g/mol. The Labute approximate surface area is 126 Å². The van der Waals surface area contributed by atoms with Crippen LogP contribution >= 0.6 is 0 Å². The van der Waals surface area contributed by atoms with Crippen molar-refractivity contribution in [3.63, 3.8) is 0 Å². The van der Waals surface area contributed by atoms with Crippen LogP contribution in [0.1, 0.15) is 10.5 Å². The molecule has 1 amide bonds. The van der Waals surface area contributed by atoms with Crippen LogP contribution in [0.25, 0.3) is 11.0 Å². The van der Waals surface area contributed by atoms with Crippen molar-refractivity contribution >= 4 is 22.7 Å². The van der Waals surface area contributed by atoms with Crippen LogP contribution in [0.3, 0.4) is 0 Å². The van der Waals surface area contributed by atoms with Gasteiger partial charge in [-0.3, -0.25) is 9.48 Å². The Bertz CT molecular complexity index is 831. The minimum absolute atomic E-state index is 0.110. The van der Waals surface area contributed by atoms with Crippen molar-refractivity contribution in [2.75, 3.05) is 18.0 Å². The van der Waals surface area contributed by atoms with Gasteiger partial charge in [0.05, 0.1) is 17.7 Å². The van der Waals surface area contributed by atoms with Crippen LogP contribution in [0.2, 0.25) is 0 Å². The van der Waals surface area contributed by atoms with Crippen LogP contribution in [0.4, 0.5) is 5.82 Å². The Balaban J connectivity index is 1.42. The highest BCUT2D eigenvalue weighted by atomic mass is 16.3. The average molecular weight is 297 g/mol. The molecule has 3 aromatic rings. The number of hydrogen-bond acceptors (Lipinski definition) is 5. The second-order valence-electron chi connectivity index (χ2n) is 5.42. The van der Waals surface area contributed by atoms with E-state index in [1.165, 1.54) is 0 Å². The first-order chi connectivity index (χ1) is 10.7. The zero-order valence-electron chi connectivity index (χ0n) is 12.1. The number of carbonyl (C=O) groups is 1. The summed E-state index contributed by atoms with van der Waals surface area (Å²) in [5.74, 6) is 0.759. The molecule has 0 aliphatic carbocycles. The number of amides is 1. The van der Waals surface area contributed by atoms with Gasteiger partial charge in [-0.15, -0.1) is 0 Å². The maximum Gasteiger partial charge on any atom is 0.272 e. The predicted molar refractivity (Wildman–Crippen MR) is 80.7 cm³/mol. The van der Waals surface area contributed by atoms with Gasteiger partial charge in [0.2, 0.25) is 0 Å². The average Bonchev–Trinajstić information content (AvgIpc) is 3.10. The Morgan fingerprint density at radius 1 is 1.36 bits per heavy atom. The minimum Gasteiger partial charge on any atom is -0.464 e. The molecule has 0 spiro atoms. The quantitative estimate of drug-likeness (QED) is 0.785. The molecule has 1 N–H and O–H groups in total. The first-order valence-corrected chi connectivity index (χ1v) is 7.08. The zero-order chi connectivity index (χ0) is 15.1. The second-order valence-corrected chi connectivity index (χ2v) is 5.42. The molecule has 0 unspecified atom stereocenters. The number of aryl methyl sites for hydroxylation is 1. The molecule has 1 aliphatic heterocycles. The highest BCUT2D eigenvalue weighted by Gasteiger charge is 2.30. The lowest BCUT2D eigenvalue weighted by atomic mass is 10.1. The van der Waals surface area contributed by atoms with E-state index in [1.807, 2.05) is 12.1 Å². The second kappa shape index (κ2) is 4.87. The number of nitrogens with zero attached hydrogens (tertiary/aromatic N) is 4. The van der Waals surface area contributed by atoms with Gasteiger partial charge in [-0.2, -0.15) is 5.10 Å². The molecule has 7 heteroatoms. The third-order valence-corrected chi connectivity index (χ3v) is 3.82. The summed E-state index contributed by atoms with van der Waals surface area (Å²) in [5.41, 5.74) is 1.27. The fourth-order valence-electron chi connectivity index (χ4n) is 2.67. The van der Waals surface area contributed by atoms with Crippen molar-refractivity contribution in [1.29, 1.82) is 0 Å². The number of anilines is 1. The summed E-state index contributed by atoms with van der Waals surface area (Å²) in [4.78, 5) is 18.6. The number of nitrogens with one attached hydrogen (secondary N) is 1. The normalized spacial score (nSPS) is 15.0. The molecule has 0 saturated carbocycles. The SMILES string of the molecule is Cn1ccc(C(=O)NC2CN(c3nccc4occc34)C2)n1. The molecule has 0 bridgehead atoms. The van der Waals surface area contributed by atoms with E-state index in [0.717, 1.165) is 29.9 Å². The molecule has 1 saturated heterocycles. The highest BCUT2D eigenvalue weighted by molar-refractivity contribution is 5.93. The third-order valence-electron chi connectivity index (χ3n) is 3.82. The number of rotatable bonds is 3. The van der Waals surface area contributed by atoms with Crippen LogP contribution in [0, 0.1) is 0 Å². The molecule has 1 aliphatic rings. The van der Waals surface area contributed by atoms with E-state index >= 15 is 0 Å². The summed E-state index contributed by atoms with van der Waals surface area (Å²) in [6, 6.07) is 5.58. The van der Waals surface area contributed by atoms with Crippen molar-refractivity contribution in [2.45, 2.75) is 6.04 Å². The fourth-order valence-corrected chi connectivity index (χ4v) is 2.67. The molecule has 22 heavy (non-hydrogen) atoms. The molecule has 4 rings (SSSR count). The van der Waals surface area contributed by atoms with Crippen LogP contribution in [-0.2, 0) is 7.05 Å². The van der Waals surface area contributed by atoms with Crippen molar-refractivity contribution in [1.82, 2.24) is 20.1 Å². The van der Waals surface area contributed by atoms with Gasteiger partial charge in [0.1, 0.15) is 17.1 Å². The summed E-state index contributed by atoms with van der Waals surface area (Å²) in [5, 5.41) is 8.08. The number of fused-ring (bicyclic) bond motifs is 1. The molecule has 0 radical (unpaired) electrons. The standard InChI is InChI=1S/C15H15N5O2/c1-19-6-3-12(18-19)15(21)17-10-8-20(9-10)14-11-4-7-22-13(11)2-5-16-14/h2-7,10H,8-9H2,1H3,(H,17,21). The van der Waals surface area contributed by atoms with Crippen LogP contribution < -0.4 is 10.2 Å². The summed E-state index contributed by atoms with van der Waals surface area (Å²) < 4.78 is 7.00. The maximum absolute atomic E-state index is 12.0. The lowest BCUT2D eigenvalue weighted by molar-refractivity contribution is 0.0924. The van der Waals surface area contributed by atoms with Gasteiger partial charge in [0.15, 0.2) is 0 Å². The van der Waals surface area contributed by atoms with Crippen LogP contribution in [0.15, 0.2) is 41.3 Å². The maximum atomic E-state index is 12.0. The topological polar surface area (TPSA) is 76.2 Å². The molecule has 4 heterocycles. The summed E-state index contributed by atoms with van der Waals surface area (Å²) in [7, 11) is 1.79. The Kier molecular flexibility index (Phi) is 2.85. The molecule has 0 atom stereocenters. The molecule has 7 nitrogen and oxygen atoms in total. The summed E-state index contributed by atoms with van der Waals surface area (Å²) in [6.45, 7) is 1.46. The van der Waals surface area contributed by atoms with Gasteiger partial charge in [-0.25, -0.2) is 4.98 Å². The first-order valence-electron chi connectivity index (χ1n) is 7.08. The van der Waals surface area contributed by atoms with Crippen molar-refractivity contribution in [3.05, 3.63) is 42.5 Å². The third kappa shape index (κ3) is 2.11. The van der Waals surface area contributed by atoms with Gasteiger partial charge in [0, 0.05) is 32.5 Å². The molecular formula is C15H15N5O2. The fraction of sp³-hybridized carbons (Fsp3) is 0.267. The smallest absolute Gasteiger partial charge is 0.272 e. The minimum atomic E-state index is -0.139. The lowest BCUT2D eigenvalue weighted by Gasteiger charge is -2.40. The van der Waals surface area contributed by atoms with E-state index < -0.39 is 0 Å². The number of pyridine rings is 1. The van der Waals surface area contributed by atoms with Gasteiger partial charge in [0.25, 0.3) is 5.91 Å². The summed E-state index contributed by atoms with van der Waals surface area (Å²) >= 11 is 0. The predicted octanol–water partition coefficient (Wildman–Crippen LogP) is 1.18. The van der Waals surface area contributed by atoms with Crippen LogP contribution in [0.5, 0.6) is 0 Å². The van der Waals surface area contributed by atoms with E-state index in [-0.39, 0.29) is 11.9 Å². The number of furan rings is 1. The number of carbonyl (C=O) groups excluding carboxylic acids is 1. The Morgan fingerprint density at radius 3 is 3.00 bits per heavy atom. The van der Waals surface area contributed by atoms with Gasteiger partial charge in [-0.1, -0.05) is 0 Å². The van der Waals surface area contributed by atoms with E-state index in [9.17, 15) is 4.79 Å². The molecule has 0 aromatic carbocycles. The van der Waals surface area contributed by atoms with E-state index in [4.69, 9.17) is 4.42 Å². The highest BCUT2D eigenvalue weighted by Crippen LogP contribution is 2.28. The van der Waals surface area contributed by atoms with E-state index in [1.54, 1.807) is 36.5 Å². The van der Waals surface area contributed by atoms with Crippen molar-refractivity contribution in [3.8, 4) is 0 Å². The molecule has 1 fully saturated rings. The lowest BCUT2D eigenvalue weighted by Crippen LogP contribution is -2.59. The summed E-state index contributed by atoms with van der Waals surface area (Å²) in [6.07, 6.45) is 5.16. The van der Waals surface area contributed by atoms with Crippen LogP contribution in [-0.4, -0.2) is 39.8 Å². The van der Waals surface area contributed by atoms with Gasteiger partial charge < -0.3 is 14.6 Å². The van der Waals surface area contributed by atoms with Crippen molar-refractivity contribution in [2.24, 2.45) is 7.05 Å². The first kappa shape index (κ1) is 12.9. The Morgan fingerprint density at radius 2 is 2.23 bits per heavy atom.